The number of halogens is 1. The van der Waals surface area contributed by atoms with Gasteiger partial charge < -0.3 is 0 Å². The largest absolute Gasteiger partial charge is 0.268 e. The molecule has 0 aliphatic rings. The van der Waals surface area contributed by atoms with E-state index < -0.39 is 0 Å². The Bertz CT molecular complexity index is 483. The van der Waals surface area contributed by atoms with Crippen molar-refractivity contribution in [3.63, 3.8) is 0 Å². The molecular formula is C13H15FN2. The summed E-state index contributed by atoms with van der Waals surface area (Å²) < 4.78 is 14.6. The fraction of sp³-hybridized carbons (Fsp3) is 0.308. The molecule has 2 nitrogen and oxygen atoms in total. The van der Waals surface area contributed by atoms with E-state index in [0.29, 0.717) is 5.92 Å². The van der Waals surface area contributed by atoms with Gasteiger partial charge >= 0.3 is 0 Å². The second-order valence-electron chi connectivity index (χ2n) is 4.24. The number of hydrogen-bond donors (Lipinski definition) is 0. The van der Waals surface area contributed by atoms with Gasteiger partial charge in [0.15, 0.2) is 0 Å². The second-order valence-corrected chi connectivity index (χ2v) is 4.24. The van der Waals surface area contributed by atoms with E-state index in [-0.39, 0.29) is 5.82 Å². The minimum absolute atomic E-state index is 0.213. The molecule has 0 amide bonds. The molecule has 1 aromatic heterocycles. The number of hydrogen-bond acceptors (Lipinski definition) is 1. The molecule has 16 heavy (non-hydrogen) atoms. The van der Waals surface area contributed by atoms with Gasteiger partial charge in [-0.25, -0.2) is 4.39 Å². The van der Waals surface area contributed by atoms with Crippen molar-refractivity contribution < 1.29 is 4.39 Å². The number of aromatic nitrogens is 2. The van der Waals surface area contributed by atoms with Crippen molar-refractivity contribution in [3.05, 3.63) is 41.8 Å². The molecule has 84 valence electrons. The number of benzene rings is 1. The molecule has 1 aromatic carbocycles. The van der Waals surface area contributed by atoms with Crippen LogP contribution in [0.4, 0.5) is 4.39 Å². The minimum Gasteiger partial charge on any atom is -0.268 e. The summed E-state index contributed by atoms with van der Waals surface area (Å²) in [4.78, 5) is 0. The fourth-order valence-corrected chi connectivity index (χ4v) is 1.66. The lowest BCUT2D eigenvalue weighted by Gasteiger charge is -2.00. The zero-order valence-corrected chi connectivity index (χ0v) is 9.74. The highest BCUT2D eigenvalue weighted by atomic mass is 19.1. The maximum Gasteiger partial charge on any atom is 0.123 e. The average Bonchev–Trinajstić information content (AvgIpc) is 2.62. The molecule has 0 aliphatic carbocycles. The molecule has 1 heterocycles. The van der Waals surface area contributed by atoms with E-state index in [0.717, 1.165) is 17.0 Å². The zero-order chi connectivity index (χ0) is 11.7. The molecule has 2 rings (SSSR count). The van der Waals surface area contributed by atoms with E-state index in [1.807, 2.05) is 11.7 Å². The molecule has 0 unspecified atom stereocenters. The van der Waals surface area contributed by atoms with Gasteiger partial charge in [0, 0.05) is 7.05 Å². The Hall–Kier alpha value is -1.64. The molecule has 0 saturated carbocycles. The van der Waals surface area contributed by atoms with Crippen LogP contribution in [0, 0.1) is 5.82 Å². The smallest absolute Gasteiger partial charge is 0.123 e. The van der Waals surface area contributed by atoms with E-state index in [9.17, 15) is 4.39 Å². The Morgan fingerprint density at radius 1 is 1.19 bits per heavy atom. The van der Waals surface area contributed by atoms with Gasteiger partial charge in [0.05, 0.1) is 11.4 Å². The standard InChI is InChI=1S/C13H15FN2/c1-9(2)12-8-13(16(3)15-12)10-4-6-11(14)7-5-10/h4-9H,1-3H3. The molecule has 2 aromatic rings. The Kier molecular flexibility index (Phi) is 2.77. The maximum atomic E-state index is 12.8. The van der Waals surface area contributed by atoms with Crippen molar-refractivity contribution in [2.45, 2.75) is 19.8 Å². The summed E-state index contributed by atoms with van der Waals surface area (Å²) in [5, 5.41) is 4.43. The van der Waals surface area contributed by atoms with Crippen LogP contribution in [0.5, 0.6) is 0 Å². The quantitative estimate of drug-likeness (QED) is 0.755. The molecule has 0 bridgehead atoms. The SMILES string of the molecule is CC(C)c1cc(-c2ccc(F)cc2)n(C)n1. The van der Waals surface area contributed by atoms with E-state index in [4.69, 9.17) is 0 Å². The highest BCUT2D eigenvalue weighted by Crippen LogP contribution is 2.23. The van der Waals surface area contributed by atoms with Crippen molar-refractivity contribution in [3.8, 4) is 11.3 Å². The predicted molar refractivity (Wildman–Crippen MR) is 62.7 cm³/mol. The third kappa shape index (κ3) is 1.98. The summed E-state index contributed by atoms with van der Waals surface area (Å²) in [6.45, 7) is 4.22. The maximum absolute atomic E-state index is 12.8. The van der Waals surface area contributed by atoms with Gasteiger partial charge in [-0.3, -0.25) is 4.68 Å². The highest BCUT2D eigenvalue weighted by molar-refractivity contribution is 5.60. The third-order valence-corrected chi connectivity index (χ3v) is 2.63. The predicted octanol–water partition coefficient (Wildman–Crippen LogP) is 3.35. The third-order valence-electron chi connectivity index (χ3n) is 2.63. The van der Waals surface area contributed by atoms with Gasteiger partial charge in [0.2, 0.25) is 0 Å². The molecule has 0 aliphatic heterocycles. The van der Waals surface area contributed by atoms with Crippen LogP contribution in [0.15, 0.2) is 30.3 Å². The van der Waals surface area contributed by atoms with Crippen LogP contribution >= 0.6 is 0 Å². The number of nitrogens with zero attached hydrogens (tertiary/aromatic N) is 2. The van der Waals surface area contributed by atoms with Crippen molar-refractivity contribution in [1.82, 2.24) is 9.78 Å². The molecule has 0 spiro atoms. The summed E-state index contributed by atoms with van der Waals surface area (Å²) in [5.41, 5.74) is 3.06. The molecule has 0 atom stereocenters. The van der Waals surface area contributed by atoms with Gasteiger partial charge in [-0.2, -0.15) is 5.10 Å². The minimum atomic E-state index is -0.213. The first-order valence-corrected chi connectivity index (χ1v) is 5.38. The fourth-order valence-electron chi connectivity index (χ4n) is 1.66. The summed E-state index contributed by atoms with van der Waals surface area (Å²) in [5.74, 6) is 0.190. The molecule has 0 fully saturated rings. The molecule has 0 saturated heterocycles. The molecule has 0 N–H and O–H groups in total. The second kappa shape index (κ2) is 4.08. The topological polar surface area (TPSA) is 17.8 Å². The van der Waals surface area contributed by atoms with Crippen molar-refractivity contribution >= 4 is 0 Å². The van der Waals surface area contributed by atoms with Crippen LogP contribution in [0.1, 0.15) is 25.5 Å². The van der Waals surface area contributed by atoms with E-state index in [1.54, 1.807) is 12.1 Å². The van der Waals surface area contributed by atoms with Gasteiger partial charge in [-0.1, -0.05) is 13.8 Å². The monoisotopic (exact) mass is 218 g/mol. The lowest BCUT2D eigenvalue weighted by molar-refractivity contribution is 0.628. The Morgan fingerprint density at radius 3 is 2.31 bits per heavy atom. The van der Waals surface area contributed by atoms with Crippen LogP contribution in [-0.2, 0) is 7.05 Å². The van der Waals surface area contributed by atoms with Crippen LogP contribution in [0.2, 0.25) is 0 Å². The lowest BCUT2D eigenvalue weighted by Crippen LogP contribution is -1.95. The van der Waals surface area contributed by atoms with E-state index >= 15 is 0 Å². The van der Waals surface area contributed by atoms with Gasteiger partial charge in [0.25, 0.3) is 0 Å². The van der Waals surface area contributed by atoms with Crippen LogP contribution in [0.3, 0.4) is 0 Å². The molecule has 0 radical (unpaired) electrons. The van der Waals surface area contributed by atoms with Crippen LogP contribution in [-0.4, -0.2) is 9.78 Å². The Balaban J connectivity index is 2.44. The first kappa shape index (κ1) is 10.9. The van der Waals surface area contributed by atoms with Crippen LogP contribution in [0.25, 0.3) is 11.3 Å². The Labute approximate surface area is 94.7 Å². The number of aryl methyl sites for hydroxylation is 1. The molecule has 3 heteroatoms. The van der Waals surface area contributed by atoms with E-state index in [2.05, 4.69) is 25.0 Å². The normalized spacial score (nSPS) is 11.1. The summed E-state index contributed by atoms with van der Waals surface area (Å²) >= 11 is 0. The summed E-state index contributed by atoms with van der Waals surface area (Å²) in [6, 6.07) is 8.54. The summed E-state index contributed by atoms with van der Waals surface area (Å²) in [7, 11) is 1.91. The van der Waals surface area contributed by atoms with E-state index in [1.165, 1.54) is 12.1 Å². The van der Waals surface area contributed by atoms with Crippen molar-refractivity contribution in [2.24, 2.45) is 7.05 Å². The van der Waals surface area contributed by atoms with Crippen LogP contribution < -0.4 is 0 Å². The highest BCUT2D eigenvalue weighted by Gasteiger charge is 2.09. The first-order valence-electron chi connectivity index (χ1n) is 5.38. The van der Waals surface area contributed by atoms with Gasteiger partial charge in [0.1, 0.15) is 5.82 Å². The average molecular weight is 218 g/mol. The summed E-state index contributed by atoms with van der Waals surface area (Å²) in [6.07, 6.45) is 0. The Morgan fingerprint density at radius 2 is 1.81 bits per heavy atom. The van der Waals surface area contributed by atoms with Gasteiger partial charge in [-0.15, -0.1) is 0 Å². The molecular weight excluding hydrogens is 203 g/mol. The van der Waals surface area contributed by atoms with Crippen molar-refractivity contribution in [1.29, 1.82) is 0 Å². The lowest BCUT2D eigenvalue weighted by atomic mass is 10.1. The van der Waals surface area contributed by atoms with Crippen molar-refractivity contribution in [2.75, 3.05) is 0 Å². The van der Waals surface area contributed by atoms with Gasteiger partial charge in [-0.05, 0) is 41.8 Å². The first-order chi connectivity index (χ1) is 7.58. The zero-order valence-electron chi connectivity index (χ0n) is 9.74. The number of rotatable bonds is 2.